The number of carbonyl (C=O) groups excluding carboxylic acids is 1. The molecule has 0 atom stereocenters. The molecule has 0 unspecified atom stereocenters. The van der Waals surface area contributed by atoms with Crippen molar-refractivity contribution < 1.29 is 9.53 Å². The minimum absolute atomic E-state index is 0.0235. The minimum atomic E-state index is -0.0741. The molecule has 5 nitrogen and oxygen atoms in total. The number of pyridine rings is 1. The number of aromatic amines is 1. The summed E-state index contributed by atoms with van der Waals surface area (Å²) >= 11 is 0. The van der Waals surface area contributed by atoms with E-state index >= 15 is 0 Å². The molecule has 0 bridgehead atoms. The van der Waals surface area contributed by atoms with E-state index in [4.69, 9.17) is 4.74 Å². The maximum absolute atomic E-state index is 12.1. The number of carbonyl (C=O) groups is 1. The molecule has 140 valence electrons. The molecule has 0 fully saturated rings. The van der Waals surface area contributed by atoms with E-state index in [1.54, 1.807) is 14.0 Å². The first-order valence-corrected chi connectivity index (χ1v) is 9.07. The molecular formula is C22H24N2O3. The number of aromatic nitrogens is 1. The Morgan fingerprint density at radius 3 is 2.70 bits per heavy atom. The van der Waals surface area contributed by atoms with Gasteiger partial charge in [0.05, 0.1) is 7.11 Å². The molecule has 0 radical (unpaired) electrons. The quantitative estimate of drug-likeness (QED) is 0.677. The van der Waals surface area contributed by atoms with Gasteiger partial charge in [-0.3, -0.25) is 9.59 Å². The fourth-order valence-electron chi connectivity index (χ4n) is 3.03. The van der Waals surface area contributed by atoms with Gasteiger partial charge >= 0.3 is 0 Å². The van der Waals surface area contributed by atoms with Crippen LogP contribution < -0.4 is 15.6 Å². The number of methoxy groups -OCH3 is 1. The second-order valence-electron chi connectivity index (χ2n) is 6.65. The van der Waals surface area contributed by atoms with E-state index in [2.05, 4.69) is 10.3 Å². The predicted octanol–water partition coefficient (Wildman–Crippen LogP) is 3.14. The van der Waals surface area contributed by atoms with E-state index in [0.717, 1.165) is 34.2 Å². The lowest BCUT2D eigenvalue weighted by Gasteiger charge is -2.08. The Morgan fingerprint density at radius 1 is 1.07 bits per heavy atom. The summed E-state index contributed by atoms with van der Waals surface area (Å²) in [7, 11) is 1.64. The van der Waals surface area contributed by atoms with Crippen LogP contribution in [-0.4, -0.2) is 24.5 Å². The van der Waals surface area contributed by atoms with Crippen molar-refractivity contribution in [2.45, 2.75) is 26.2 Å². The highest BCUT2D eigenvalue weighted by atomic mass is 16.5. The number of aryl methyl sites for hydroxylation is 2. The molecule has 2 N–H and O–H groups in total. The fourth-order valence-corrected chi connectivity index (χ4v) is 3.03. The van der Waals surface area contributed by atoms with Gasteiger partial charge in [0, 0.05) is 24.0 Å². The average Bonchev–Trinajstić information content (AvgIpc) is 2.67. The van der Waals surface area contributed by atoms with Crippen LogP contribution in [-0.2, 0) is 17.6 Å². The summed E-state index contributed by atoms with van der Waals surface area (Å²) < 4.78 is 5.20. The number of rotatable bonds is 7. The second kappa shape index (κ2) is 8.54. The van der Waals surface area contributed by atoms with Crippen molar-refractivity contribution in [2.24, 2.45) is 0 Å². The lowest BCUT2D eigenvalue weighted by atomic mass is 10.1. The number of hydrogen-bond acceptors (Lipinski definition) is 3. The number of H-pyrrole nitrogens is 1. The molecule has 0 saturated carbocycles. The summed E-state index contributed by atoms with van der Waals surface area (Å²) in [6.45, 7) is 2.39. The topological polar surface area (TPSA) is 71.2 Å². The Balaban J connectivity index is 1.50. The molecule has 1 aromatic heterocycles. The molecule has 3 aromatic rings. The smallest absolute Gasteiger partial charge is 0.251 e. The molecule has 27 heavy (non-hydrogen) atoms. The zero-order valence-corrected chi connectivity index (χ0v) is 15.7. The van der Waals surface area contributed by atoms with Crippen molar-refractivity contribution in [2.75, 3.05) is 13.7 Å². The normalized spacial score (nSPS) is 10.7. The molecule has 5 heteroatoms. The van der Waals surface area contributed by atoms with Crippen molar-refractivity contribution in [1.29, 1.82) is 0 Å². The van der Waals surface area contributed by atoms with Crippen molar-refractivity contribution in [3.8, 4) is 5.75 Å². The Bertz CT molecular complexity index is 1010. The Kier molecular flexibility index (Phi) is 5.91. The number of amides is 1. The van der Waals surface area contributed by atoms with Gasteiger partial charge in [-0.05, 0) is 60.5 Å². The zero-order chi connectivity index (χ0) is 19.2. The van der Waals surface area contributed by atoms with Crippen LogP contribution in [0.3, 0.4) is 0 Å². The number of ether oxygens (including phenoxy) is 1. The van der Waals surface area contributed by atoms with Crippen LogP contribution in [0.4, 0.5) is 0 Å². The molecule has 2 aromatic carbocycles. The van der Waals surface area contributed by atoms with E-state index in [0.29, 0.717) is 24.9 Å². The van der Waals surface area contributed by atoms with Crippen molar-refractivity contribution in [3.05, 3.63) is 75.6 Å². The van der Waals surface area contributed by atoms with E-state index in [1.807, 2.05) is 48.5 Å². The summed E-state index contributed by atoms with van der Waals surface area (Å²) in [5, 5.41) is 3.95. The first-order chi connectivity index (χ1) is 13.0. The molecule has 0 aliphatic rings. The Labute approximate surface area is 158 Å². The van der Waals surface area contributed by atoms with Crippen molar-refractivity contribution >= 4 is 16.8 Å². The first kappa shape index (κ1) is 18.7. The molecule has 0 saturated heterocycles. The Hall–Kier alpha value is -3.08. The highest BCUT2D eigenvalue weighted by Gasteiger charge is 2.05. The summed E-state index contributed by atoms with van der Waals surface area (Å²) in [5.41, 5.74) is 3.59. The first-order valence-electron chi connectivity index (χ1n) is 9.07. The van der Waals surface area contributed by atoms with Crippen molar-refractivity contribution in [1.82, 2.24) is 10.3 Å². The maximum Gasteiger partial charge on any atom is 0.251 e. The van der Waals surface area contributed by atoms with E-state index in [-0.39, 0.29) is 11.5 Å². The van der Waals surface area contributed by atoms with Crippen LogP contribution >= 0.6 is 0 Å². The molecule has 0 spiro atoms. The van der Waals surface area contributed by atoms with Crippen LogP contribution in [0, 0.1) is 6.92 Å². The zero-order valence-electron chi connectivity index (χ0n) is 15.7. The van der Waals surface area contributed by atoms with E-state index in [1.165, 1.54) is 0 Å². The number of hydrogen-bond donors (Lipinski definition) is 2. The molecular weight excluding hydrogens is 340 g/mol. The third-order valence-corrected chi connectivity index (χ3v) is 4.61. The standard InChI is InChI=1S/C22H24N2O3/c1-15-12-18-8-6-17(14-20(18)24-22(15)26)7-9-21(25)23-11-10-16-4-3-5-19(13-16)27-2/h3-6,8,12-14H,7,9-11H2,1-2H3,(H,23,25)(H,24,26). The van der Waals surface area contributed by atoms with E-state index in [9.17, 15) is 9.59 Å². The van der Waals surface area contributed by atoms with Crippen LogP contribution in [0.2, 0.25) is 0 Å². The number of nitrogens with one attached hydrogen (secondary N) is 2. The fraction of sp³-hybridized carbons (Fsp3) is 0.273. The van der Waals surface area contributed by atoms with Crippen LogP contribution in [0.5, 0.6) is 5.75 Å². The van der Waals surface area contributed by atoms with Gasteiger partial charge in [-0.25, -0.2) is 0 Å². The van der Waals surface area contributed by atoms with Gasteiger partial charge in [0.25, 0.3) is 5.56 Å². The third-order valence-electron chi connectivity index (χ3n) is 4.61. The summed E-state index contributed by atoms with van der Waals surface area (Å²) in [6.07, 6.45) is 1.82. The number of benzene rings is 2. The summed E-state index contributed by atoms with van der Waals surface area (Å²) in [6, 6.07) is 15.7. The summed E-state index contributed by atoms with van der Waals surface area (Å²) in [5.74, 6) is 0.846. The van der Waals surface area contributed by atoms with Gasteiger partial charge in [-0.1, -0.05) is 24.3 Å². The van der Waals surface area contributed by atoms with Crippen molar-refractivity contribution in [3.63, 3.8) is 0 Å². The van der Waals surface area contributed by atoms with Crippen LogP contribution in [0.25, 0.3) is 10.9 Å². The molecule has 1 heterocycles. The minimum Gasteiger partial charge on any atom is -0.497 e. The predicted molar refractivity (Wildman–Crippen MR) is 107 cm³/mol. The lowest BCUT2D eigenvalue weighted by molar-refractivity contribution is -0.121. The highest BCUT2D eigenvalue weighted by molar-refractivity contribution is 5.80. The highest BCUT2D eigenvalue weighted by Crippen LogP contribution is 2.15. The molecule has 3 rings (SSSR count). The van der Waals surface area contributed by atoms with Gasteiger partial charge in [0.15, 0.2) is 0 Å². The van der Waals surface area contributed by atoms with Crippen LogP contribution in [0.1, 0.15) is 23.1 Å². The molecule has 0 aliphatic heterocycles. The van der Waals surface area contributed by atoms with Gasteiger partial charge in [0.1, 0.15) is 5.75 Å². The largest absolute Gasteiger partial charge is 0.497 e. The second-order valence-corrected chi connectivity index (χ2v) is 6.65. The SMILES string of the molecule is COc1cccc(CCNC(=O)CCc2ccc3cc(C)c(=O)[nH]c3c2)c1. The van der Waals surface area contributed by atoms with Gasteiger partial charge in [0.2, 0.25) is 5.91 Å². The van der Waals surface area contributed by atoms with E-state index < -0.39 is 0 Å². The van der Waals surface area contributed by atoms with Gasteiger partial charge < -0.3 is 15.0 Å². The monoisotopic (exact) mass is 364 g/mol. The Morgan fingerprint density at radius 2 is 1.89 bits per heavy atom. The van der Waals surface area contributed by atoms with Gasteiger partial charge in [-0.2, -0.15) is 0 Å². The van der Waals surface area contributed by atoms with Gasteiger partial charge in [-0.15, -0.1) is 0 Å². The lowest BCUT2D eigenvalue weighted by Crippen LogP contribution is -2.25. The molecule has 1 amide bonds. The number of fused-ring (bicyclic) bond motifs is 1. The average molecular weight is 364 g/mol. The summed E-state index contributed by atoms with van der Waals surface area (Å²) in [4.78, 5) is 26.7. The third kappa shape index (κ3) is 4.97. The van der Waals surface area contributed by atoms with Crippen LogP contribution in [0.15, 0.2) is 53.3 Å². The maximum atomic E-state index is 12.1. The molecule has 0 aliphatic carbocycles.